The van der Waals surface area contributed by atoms with Crippen molar-refractivity contribution in [3.63, 3.8) is 0 Å². The minimum Gasteiger partial charge on any atom is -0.465 e. The maximum Gasteiger partial charge on any atom is 0.404 e. The number of rotatable bonds is 10. The van der Waals surface area contributed by atoms with E-state index in [1.165, 1.54) is 11.3 Å². The van der Waals surface area contributed by atoms with Gasteiger partial charge in [0.05, 0.1) is 17.9 Å². The number of hydrogen-bond donors (Lipinski definition) is 4. The summed E-state index contributed by atoms with van der Waals surface area (Å²) >= 11 is 1.30. The lowest BCUT2D eigenvalue weighted by Gasteiger charge is -2.28. The molecule has 10 nitrogen and oxygen atoms in total. The normalized spacial score (nSPS) is 11.2. The molecule has 2 aromatic heterocycles. The number of benzene rings is 2. The summed E-state index contributed by atoms with van der Waals surface area (Å²) in [6.45, 7) is 5.82. The van der Waals surface area contributed by atoms with Gasteiger partial charge in [-0.3, -0.25) is 14.3 Å². The lowest BCUT2D eigenvalue weighted by molar-refractivity contribution is -0.115. The summed E-state index contributed by atoms with van der Waals surface area (Å²) in [6, 6.07) is 15.2. The second-order valence-corrected chi connectivity index (χ2v) is 10.9. The van der Waals surface area contributed by atoms with Crippen LogP contribution in [0.1, 0.15) is 42.3 Å². The van der Waals surface area contributed by atoms with Crippen LogP contribution in [0, 0.1) is 0 Å². The highest BCUT2D eigenvalue weighted by molar-refractivity contribution is 7.14. The van der Waals surface area contributed by atoms with Crippen LogP contribution < -0.4 is 16.0 Å². The standard InChI is InChI=1S/C29H32N6O4S/c1-5-18-9-10-21(14-22(18)29(2,3)17-31-28(38)39)26(37)30-15-25(36)33-27-32-24(16-40-27)20-8-6-7-19(13-20)23-11-12-35(4)34-23/h6-14,16,31H,5,15,17H2,1-4H3,(H,30,37)(H,38,39)(H,32,33,36). The van der Waals surface area contributed by atoms with Crippen molar-refractivity contribution in [2.75, 3.05) is 18.4 Å². The molecule has 3 amide bonds. The first-order valence-corrected chi connectivity index (χ1v) is 13.7. The maximum atomic E-state index is 12.9. The molecular weight excluding hydrogens is 528 g/mol. The van der Waals surface area contributed by atoms with Crippen LogP contribution in [0.5, 0.6) is 0 Å². The minimum atomic E-state index is -1.10. The Hall–Kier alpha value is -4.51. The molecule has 40 heavy (non-hydrogen) atoms. The third kappa shape index (κ3) is 6.92. The van der Waals surface area contributed by atoms with Gasteiger partial charge in [0.2, 0.25) is 5.91 Å². The second kappa shape index (κ2) is 12.1. The molecule has 2 aromatic carbocycles. The number of aryl methyl sites for hydroxylation is 2. The zero-order chi connectivity index (χ0) is 28.9. The molecule has 4 aromatic rings. The van der Waals surface area contributed by atoms with Gasteiger partial charge in [0.15, 0.2) is 5.13 Å². The van der Waals surface area contributed by atoms with Gasteiger partial charge in [-0.2, -0.15) is 5.10 Å². The fraction of sp³-hybridized carbons (Fsp3) is 0.276. The van der Waals surface area contributed by atoms with Crippen molar-refractivity contribution in [1.29, 1.82) is 0 Å². The Bertz CT molecular complexity index is 1540. The van der Waals surface area contributed by atoms with Crippen molar-refractivity contribution >= 4 is 34.4 Å². The van der Waals surface area contributed by atoms with Gasteiger partial charge in [-0.25, -0.2) is 9.78 Å². The van der Waals surface area contributed by atoms with E-state index in [9.17, 15) is 14.4 Å². The SMILES string of the molecule is CCc1ccc(C(=O)NCC(=O)Nc2nc(-c3cccc(-c4ccn(C)n4)c3)cs2)cc1C(C)(C)CNC(=O)O. The van der Waals surface area contributed by atoms with E-state index in [2.05, 4.69) is 26.0 Å². The fourth-order valence-corrected chi connectivity index (χ4v) is 5.08. The lowest BCUT2D eigenvalue weighted by Crippen LogP contribution is -2.37. The van der Waals surface area contributed by atoms with Crippen LogP contribution in [0.15, 0.2) is 60.1 Å². The Kier molecular flexibility index (Phi) is 8.64. The highest BCUT2D eigenvalue weighted by Crippen LogP contribution is 2.29. The molecule has 0 aliphatic carbocycles. The average molecular weight is 561 g/mol. The Morgan fingerprint density at radius 3 is 2.45 bits per heavy atom. The zero-order valence-corrected chi connectivity index (χ0v) is 23.6. The summed E-state index contributed by atoms with van der Waals surface area (Å²) in [4.78, 5) is 41.0. The molecule has 0 saturated carbocycles. The van der Waals surface area contributed by atoms with Crippen molar-refractivity contribution in [2.45, 2.75) is 32.6 Å². The highest BCUT2D eigenvalue weighted by Gasteiger charge is 2.25. The number of nitrogens with one attached hydrogen (secondary N) is 3. The number of carboxylic acid groups (broad SMARTS) is 1. The van der Waals surface area contributed by atoms with E-state index >= 15 is 0 Å². The van der Waals surface area contributed by atoms with Gasteiger partial charge >= 0.3 is 6.09 Å². The van der Waals surface area contributed by atoms with Crippen LogP contribution >= 0.6 is 11.3 Å². The molecular formula is C29H32N6O4S. The van der Waals surface area contributed by atoms with Crippen molar-refractivity contribution in [2.24, 2.45) is 7.05 Å². The van der Waals surface area contributed by atoms with Crippen LogP contribution in [0.4, 0.5) is 9.93 Å². The van der Waals surface area contributed by atoms with Gasteiger partial charge in [-0.15, -0.1) is 11.3 Å². The third-order valence-corrected chi connectivity index (χ3v) is 7.25. The number of thiazole rings is 1. The Morgan fingerprint density at radius 2 is 1.77 bits per heavy atom. The molecule has 0 fully saturated rings. The van der Waals surface area contributed by atoms with Crippen LogP contribution in [-0.2, 0) is 23.7 Å². The van der Waals surface area contributed by atoms with Gasteiger partial charge in [-0.05, 0) is 41.8 Å². The summed E-state index contributed by atoms with van der Waals surface area (Å²) in [6.07, 6.45) is 1.52. The Morgan fingerprint density at radius 1 is 1.02 bits per heavy atom. The monoisotopic (exact) mass is 560 g/mol. The topological polar surface area (TPSA) is 138 Å². The summed E-state index contributed by atoms with van der Waals surface area (Å²) < 4.78 is 1.75. The average Bonchev–Trinajstić information content (AvgIpc) is 3.59. The molecule has 0 atom stereocenters. The quantitative estimate of drug-likeness (QED) is 0.222. The molecule has 0 aliphatic rings. The highest BCUT2D eigenvalue weighted by atomic mass is 32.1. The first-order valence-electron chi connectivity index (χ1n) is 12.8. The summed E-state index contributed by atoms with van der Waals surface area (Å²) in [5.74, 6) is -0.792. The van der Waals surface area contributed by atoms with Crippen molar-refractivity contribution in [3.8, 4) is 22.5 Å². The summed E-state index contributed by atoms with van der Waals surface area (Å²) in [5.41, 5.74) is 5.23. The van der Waals surface area contributed by atoms with Gasteiger partial charge in [0.25, 0.3) is 5.91 Å². The molecule has 0 unspecified atom stereocenters. The van der Waals surface area contributed by atoms with E-state index in [1.807, 2.05) is 75.8 Å². The molecule has 208 valence electrons. The van der Waals surface area contributed by atoms with Crippen LogP contribution in [0.3, 0.4) is 0 Å². The van der Waals surface area contributed by atoms with Gasteiger partial charge in [0, 0.05) is 47.3 Å². The van der Waals surface area contributed by atoms with Crippen molar-refractivity contribution < 1.29 is 19.5 Å². The van der Waals surface area contributed by atoms with E-state index in [0.717, 1.165) is 40.1 Å². The van der Waals surface area contributed by atoms with Gasteiger partial charge in [0.1, 0.15) is 0 Å². The number of anilines is 1. The van der Waals surface area contributed by atoms with E-state index in [1.54, 1.807) is 16.8 Å². The largest absolute Gasteiger partial charge is 0.465 e. The molecule has 2 heterocycles. The molecule has 0 saturated heterocycles. The van der Waals surface area contributed by atoms with Crippen molar-refractivity contribution in [1.82, 2.24) is 25.4 Å². The first kappa shape index (κ1) is 28.5. The number of nitrogens with zero attached hydrogens (tertiary/aromatic N) is 3. The predicted octanol–water partition coefficient (Wildman–Crippen LogP) is 4.69. The number of hydrogen-bond acceptors (Lipinski definition) is 6. The molecule has 4 rings (SSSR count). The second-order valence-electron chi connectivity index (χ2n) is 9.99. The van der Waals surface area contributed by atoms with Crippen LogP contribution in [-0.4, -0.2) is 50.9 Å². The summed E-state index contributed by atoms with van der Waals surface area (Å²) in [5, 5.41) is 23.6. The molecule has 0 spiro atoms. The third-order valence-electron chi connectivity index (χ3n) is 6.49. The summed E-state index contributed by atoms with van der Waals surface area (Å²) in [7, 11) is 1.87. The lowest BCUT2D eigenvalue weighted by atomic mass is 9.80. The van der Waals surface area contributed by atoms with E-state index in [0.29, 0.717) is 10.7 Å². The Labute approximate surface area is 236 Å². The van der Waals surface area contributed by atoms with Crippen molar-refractivity contribution in [3.05, 3.63) is 76.8 Å². The number of aromatic nitrogens is 3. The zero-order valence-electron chi connectivity index (χ0n) is 22.8. The predicted molar refractivity (Wildman–Crippen MR) is 156 cm³/mol. The maximum absolute atomic E-state index is 12.9. The Balaban J connectivity index is 1.38. The van der Waals surface area contributed by atoms with Crippen LogP contribution in [0.2, 0.25) is 0 Å². The molecule has 11 heteroatoms. The minimum absolute atomic E-state index is 0.200. The number of carbonyl (C=O) groups is 3. The van der Waals surface area contributed by atoms with E-state index in [-0.39, 0.29) is 13.1 Å². The fourth-order valence-electron chi connectivity index (χ4n) is 4.34. The molecule has 0 aliphatic heterocycles. The first-order chi connectivity index (χ1) is 19.1. The smallest absolute Gasteiger partial charge is 0.404 e. The number of carbonyl (C=O) groups excluding carboxylic acids is 2. The van der Waals surface area contributed by atoms with E-state index < -0.39 is 23.3 Å². The van der Waals surface area contributed by atoms with E-state index in [4.69, 9.17) is 5.11 Å². The van der Waals surface area contributed by atoms with Crippen LogP contribution in [0.25, 0.3) is 22.5 Å². The van der Waals surface area contributed by atoms with Gasteiger partial charge in [-0.1, -0.05) is 45.0 Å². The molecule has 4 N–H and O–H groups in total. The number of amides is 3. The molecule has 0 bridgehead atoms. The van der Waals surface area contributed by atoms with Gasteiger partial charge < -0.3 is 21.1 Å². The molecule has 0 radical (unpaired) electrons.